The first-order chi connectivity index (χ1) is 8.95. The molecule has 1 aromatic heterocycles. The third-order valence-corrected chi connectivity index (χ3v) is 3.14. The van der Waals surface area contributed by atoms with Crippen LogP contribution in [0.5, 0.6) is 0 Å². The molecule has 1 saturated carbocycles. The van der Waals surface area contributed by atoms with Gasteiger partial charge >= 0.3 is 6.18 Å². The average molecular weight is 269 g/mol. The van der Waals surface area contributed by atoms with E-state index in [0.29, 0.717) is 19.0 Å². The van der Waals surface area contributed by atoms with Crippen molar-refractivity contribution >= 4 is 5.82 Å². The Morgan fingerprint density at radius 3 is 2.58 bits per heavy atom. The lowest BCUT2D eigenvalue weighted by Gasteiger charge is -2.23. The van der Waals surface area contributed by atoms with Gasteiger partial charge in [0.2, 0.25) is 0 Å². The summed E-state index contributed by atoms with van der Waals surface area (Å²) < 4.78 is 38.0. The van der Waals surface area contributed by atoms with Crippen molar-refractivity contribution < 1.29 is 13.2 Å². The summed E-state index contributed by atoms with van der Waals surface area (Å²) in [7, 11) is 0. The van der Waals surface area contributed by atoms with Gasteiger partial charge in [-0.05, 0) is 37.8 Å². The fourth-order valence-corrected chi connectivity index (χ4v) is 1.91. The molecule has 2 rings (SSSR count). The number of hydrogen-bond acceptors (Lipinski definition) is 3. The van der Waals surface area contributed by atoms with Crippen molar-refractivity contribution in [3.63, 3.8) is 0 Å². The van der Waals surface area contributed by atoms with Crippen molar-refractivity contribution in [2.45, 2.75) is 25.9 Å². The summed E-state index contributed by atoms with van der Waals surface area (Å²) in [6, 6.07) is 3.96. The number of nitrogens with zero attached hydrogens (tertiary/aromatic N) is 3. The third kappa shape index (κ3) is 3.16. The van der Waals surface area contributed by atoms with E-state index in [2.05, 4.69) is 4.98 Å². The van der Waals surface area contributed by atoms with Crippen molar-refractivity contribution in [1.82, 2.24) is 4.98 Å². The number of hydrogen-bond donors (Lipinski definition) is 0. The first kappa shape index (κ1) is 13.7. The topological polar surface area (TPSA) is 39.9 Å². The Bertz CT molecular complexity index is 501. The Hall–Kier alpha value is -1.77. The summed E-state index contributed by atoms with van der Waals surface area (Å²) in [5.74, 6) is 0.662. The van der Waals surface area contributed by atoms with Crippen molar-refractivity contribution in [3.05, 3.63) is 23.4 Å². The Morgan fingerprint density at radius 2 is 2.11 bits per heavy atom. The maximum absolute atomic E-state index is 12.7. The van der Waals surface area contributed by atoms with Gasteiger partial charge in [-0.2, -0.15) is 18.4 Å². The SMILES string of the molecule is CCN(CC1CC1)c1nc(C(F)(F)F)ccc1C#N. The highest BCUT2D eigenvalue weighted by Crippen LogP contribution is 2.33. The molecule has 1 aliphatic carbocycles. The fraction of sp³-hybridized carbons (Fsp3) is 0.538. The van der Waals surface area contributed by atoms with Crippen LogP contribution in [0.1, 0.15) is 31.0 Å². The molecule has 0 bridgehead atoms. The largest absolute Gasteiger partial charge is 0.433 e. The number of halogens is 3. The summed E-state index contributed by atoms with van der Waals surface area (Å²) in [6.45, 7) is 3.06. The number of alkyl halides is 3. The highest BCUT2D eigenvalue weighted by Gasteiger charge is 2.34. The molecule has 0 amide bonds. The second-order valence-electron chi connectivity index (χ2n) is 4.66. The summed E-state index contributed by atoms with van der Waals surface area (Å²) in [4.78, 5) is 5.40. The van der Waals surface area contributed by atoms with Crippen LogP contribution in [0.25, 0.3) is 0 Å². The standard InChI is InChI=1S/C13H14F3N3/c1-2-19(8-9-3-4-9)12-10(7-17)5-6-11(18-12)13(14,15)16/h5-6,9H,2-4,8H2,1H3. The van der Waals surface area contributed by atoms with Crippen molar-refractivity contribution in [2.24, 2.45) is 5.92 Å². The molecule has 0 atom stereocenters. The minimum Gasteiger partial charge on any atom is -0.356 e. The van der Waals surface area contributed by atoms with Gasteiger partial charge in [-0.25, -0.2) is 4.98 Å². The maximum Gasteiger partial charge on any atom is 0.433 e. The highest BCUT2D eigenvalue weighted by molar-refractivity contribution is 5.54. The van der Waals surface area contributed by atoms with Crippen LogP contribution in [0.4, 0.5) is 19.0 Å². The molecule has 3 nitrogen and oxygen atoms in total. The van der Waals surface area contributed by atoms with Gasteiger partial charge in [0, 0.05) is 13.1 Å². The van der Waals surface area contributed by atoms with Crippen LogP contribution in [-0.4, -0.2) is 18.1 Å². The fourth-order valence-electron chi connectivity index (χ4n) is 1.91. The van der Waals surface area contributed by atoms with Crippen LogP contribution in [0.15, 0.2) is 12.1 Å². The molecule has 1 aromatic rings. The molecular weight excluding hydrogens is 255 g/mol. The molecule has 0 N–H and O–H groups in total. The van der Waals surface area contributed by atoms with E-state index in [4.69, 9.17) is 5.26 Å². The van der Waals surface area contributed by atoms with E-state index in [0.717, 1.165) is 18.9 Å². The normalized spacial score (nSPS) is 15.1. The van der Waals surface area contributed by atoms with Gasteiger partial charge < -0.3 is 4.90 Å². The van der Waals surface area contributed by atoms with Gasteiger partial charge in [0.1, 0.15) is 17.6 Å². The Labute approximate surface area is 109 Å². The first-order valence-electron chi connectivity index (χ1n) is 6.19. The average Bonchev–Trinajstić information content (AvgIpc) is 3.18. The predicted molar refractivity (Wildman–Crippen MR) is 64.6 cm³/mol. The Kier molecular flexibility index (Phi) is 3.65. The van der Waals surface area contributed by atoms with Gasteiger partial charge in [-0.3, -0.25) is 0 Å². The third-order valence-electron chi connectivity index (χ3n) is 3.14. The quantitative estimate of drug-likeness (QED) is 0.842. The molecule has 19 heavy (non-hydrogen) atoms. The number of pyridine rings is 1. The van der Waals surface area contributed by atoms with Crippen molar-refractivity contribution in [2.75, 3.05) is 18.0 Å². The number of nitriles is 1. The van der Waals surface area contributed by atoms with Crippen molar-refractivity contribution in [3.8, 4) is 6.07 Å². The summed E-state index contributed by atoms with van der Waals surface area (Å²) in [5.41, 5.74) is -0.758. The lowest BCUT2D eigenvalue weighted by molar-refractivity contribution is -0.141. The van der Waals surface area contributed by atoms with Gasteiger partial charge in [0.15, 0.2) is 0 Å². The van der Waals surface area contributed by atoms with E-state index in [1.54, 1.807) is 4.90 Å². The molecule has 102 valence electrons. The molecule has 1 aliphatic rings. The van der Waals surface area contributed by atoms with Crippen LogP contribution in [0.3, 0.4) is 0 Å². The van der Waals surface area contributed by atoms with E-state index in [1.807, 2.05) is 13.0 Å². The minimum absolute atomic E-state index is 0.145. The van der Waals surface area contributed by atoms with Crippen LogP contribution in [0, 0.1) is 17.2 Å². The summed E-state index contributed by atoms with van der Waals surface area (Å²) in [5, 5.41) is 9.01. The Balaban J connectivity index is 2.36. The van der Waals surface area contributed by atoms with E-state index in [1.165, 1.54) is 6.07 Å². The van der Waals surface area contributed by atoms with E-state index < -0.39 is 11.9 Å². The summed E-state index contributed by atoms with van der Waals surface area (Å²) >= 11 is 0. The van der Waals surface area contributed by atoms with E-state index in [9.17, 15) is 13.2 Å². The van der Waals surface area contributed by atoms with Crippen LogP contribution in [-0.2, 0) is 6.18 Å². The van der Waals surface area contributed by atoms with Gasteiger partial charge in [0.25, 0.3) is 0 Å². The molecular formula is C13H14F3N3. The first-order valence-corrected chi connectivity index (χ1v) is 6.19. The maximum atomic E-state index is 12.7. The molecule has 1 fully saturated rings. The smallest absolute Gasteiger partial charge is 0.356 e. The lowest BCUT2D eigenvalue weighted by Crippen LogP contribution is -2.28. The number of anilines is 1. The van der Waals surface area contributed by atoms with Crippen LogP contribution < -0.4 is 4.90 Å². The molecule has 0 unspecified atom stereocenters. The minimum atomic E-state index is -4.48. The zero-order valence-corrected chi connectivity index (χ0v) is 10.5. The predicted octanol–water partition coefficient (Wildman–Crippen LogP) is 3.21. The zero-order valence-electron chi connectivity index (χ0n) is 10.5. The lowest BCUT2D eigenvalue weighted by atomic mass is 10.2. The van der Waals surface area contributed by atoms with Crippen LogP contribution >= 0.6 is 0 Å². The molecule has 0 aromatic carbocycles. The van der Waals surface area contributed by atoms with Gasteiger partial charge in [-0.15, -0.1) is 0 Å². The molecule has 0 spiro atoms. The highest BCUT2D eigenvalue weighted by atomic mass is 19.4. The molecule has 0 aliphatic heterocycles. The van der Waals surface area contributed by atoms with Gasteiger partial charge in [0.05, 0.1) is 5.56 Å². The molecule has 1 heterocycles. The molecule has 6 heteroatoms. The summed E-state index contributed by atoms with van der Waals surface area (Å²) in [6.07, 6.45) is -2.30. The van der Waals surface area contributed by atoms with E-state index in [-0.39, 0.29) is 11.4 Å². The Morgan fingerprint density at radius 1 is 1.42 bits per heavy atom. The second-order valence-corrected chi connectivity index (χ2v) is 4.66. The molecule has 0 saturated heterocycles. The molecule has 0 radical (unpaired) electrons. The zero-order chi connectivity index (χ0) is 14.0. The van der Waals surface area contributed by atoms with Crippen LogP contribution in [0.2, 0.25) is 0 Å². The van der Waals surface area contributed by atoms with E-state index >= 15 is 0 Å². The van der Waals surface area contributed by atoms with Gasteiger partial charge in [-0.1, -0.05) is 0 Å². The number of aromatic nitrogens is 1. The second kappa shape index (κ2) is 5.08. The number of rotatable bonds is 4. The van der Waals surface area contributed by atoms with Crippen molar-refractivity contribution in [1.29, 1.82) is 5.26 Å². The monoisotopic (exact) mass is 269 g/mol.